The molecule has 6 rings (SSSR count). The van der Waals surface area contributed by atoms with Gasteiger partial charge in [0.2, 0.25) is 0 Å². The van der Waals surface area contributed by atoms with Crippen LogP contribution in [0.25, 0.3) is 17.2 Å². The van der Waals surface area contributed by atoms with E-state index in [1.165, 1.54) is 18.2 Å². The first kappa shape index (κ1) is 29.3. The van der Waals surface area contributed by atoms with Crippen molar-refractivity contribution in [2.75, 3.05) is 19.7 Å². The summed E-state index contributed by atoms with van der Waals surface area (Å²) >= 11 is 0. The summed E-state index contributed by atoms with van der Waals surface area (Å²) in [5.74, 6) is 0.167. The quantitative estimate of drug-likeness (QED) is 0.239. The number of hydrogen-bond acceptors (Lipinski definition) is 8. The van der Waals surface area contributed by atoms with E-state index >= 15 is 0 Å². The molecular weight excluding hydrogens is 565 g/mol. The van der Waals surface area contributed by atoms with Gasteiger partial charge < -0.3 is 23.9 Å². The first-order valence-corrected chi connectivity index (χ1v) is 14.6. The summed E-state index contributed by atoms with van der Waals surface area (Å²) in [5, 5.41) is 17.9. The molecule has 0 unspecified atom stereocenters. The van der Waals surface area contributed by atoms with Crippen LogP contribution >= 0.6 is 0 Å². The van der Waals surface area contributed by atoms with Crippen LogP contribution in [0.3, 0.4) is 0 Å². The van der Waals surface area contributed by atoms with Gasteiger partial charge in [0.1, 0.15) is 29.8 Å². The second-order valence-electron chi connectivity index (χ2n) is 11.0. The number of nitrogens with zero attached hydrogens (tertiary/aromatic N) is 5. The Morgan fingerprint density at radius 1 is 1.14 bits per heavy atom. The number of benzene rings is 2. The number of fused-ring (bicyclic) bond motifs is 1. The second-order valence-corrected chi connectivity index (χ2v) is 11.0. The van der Waals surface area contributed by atoms with E-state index < -0.39 is 11.8 Å². The van der Waals surface area contributed by atoms with Crippen molar-refractivity contribution in [3.8, 4) is 17.6 Å². The Morgan fingerprint density at radius 3 is 2.70 bits per heavy atom. The minimum Gasteiger partial charge on any atom is -0.490 e. The monoisotopic (exact) mass is 597 g/mol. The topological polar surface area (TPSA) is 123 Å². The number of carboxylic acid groups (broad SMARTS) is 1. The van der Waals surface area contributed by atoms with E-state index in [9.17, 15) is 9.18 Å². The van der Waals surface area contributed by atoms with Crippen LogP contribution in [-0.2, 0) is 29.2 Å². The fourth-order valence-corrected chi connectivity index (χ4v) is 5.39. The highest BCUT2D eigenvalue weighted by Gasteiger charge is 2.26. The van der Waals surface area contributed by atoms with Crippen LogP contribution in [-0.4, -0.2) is 62.4 Å². The highest BCUT2D eigenvalue weighted by molar-refractivity contribution is 5.85. The smallest absolute Gasteiger partial charge is 0.328 e. The van der Waals surface area contributed by atoms with Crippen molar-refractivity contribution >= 4 is 23.2 Å². The van der Waals surface area contributed by atoms with Crippen molar-refractivity contribution in [3.63, 3.8) is 0 Å². The maximum atomic E-state index is 14.2. The lowest BCUT2D eigenvalue weighted by Gasteiger charge is -2.32. The van der Waals surface area contributed by atoms with E-state index in [1.807, 2.05) is 36.4 Å². The third-order valence-electron chi connectivity index (χ3n) is 7.83. The molecule has 226 valence electrons. The standard InChI is InChI=1S/C33H32FN5O5/c34-28-17-22(18-35)4-8-30(28)43-21-23-2-1-3-26(16-23)44-25-10-13-38(14-11-25)20-31-37-29-7-5-24(6-9-32(40)41)36-33(29)39(31)19-27-12-15-42-27/h1-9,16-17,25,27H,10-15,19-21H2,(H,40,41)/b9-6+/t27-/m0/s1. The Hall–Kier alpha value is -4.79. The second kappa shape index (κ2) is 13.2. The molecule has 0 saturated carbocycles. The SMILES string of the molecule is N#Cc1ccc(OCc2cccc(OC3CCN(Cc4nc5ccc(/C=C/C(=O)O)nc5n4C[C@@H]4CCO4)CC3)c2)c(F)c1. The van der Waals surface area contributed by atoms with E-state index in [4.69, 9.17) is 34.5 Å². The molecule has 4 heterocycles. The molecule has 2 aliphatic rings. The number of likely N-dealkylation sites (tertiary alicyclic amines) is 1. The van der Waals surface area contributed by atoms with Crippen LogP contribution in [0.15, 0.2) is 60.7 Å². The molecule has 2 aromatic carbocycles. The predicted molar refractivity (Wildman–Crippen MR) is 159 cm³/mol. The molecule has 4 aromatic rings. The molecule has 1 atom stereocenters. The first-order chi connectivity index (χ1) is 21.4. The average Bonchev–Trinajstić information content (AvgIpc) is 3.34. The molecular formula is C33H32FN5O5. The van der Waals surface area contributed by atoms with Gasteiger partial charge in [-0.1, -0.05) is 12.1 Å². The Bertz CT molecular complexity index is 1720. The van der Waals surface area contributed by atoms with Crippen molar-refractivity contribution in [1.82, 2.24) is 19.4 Å². The molecule has 2 saturated heterocycles. The number of carboxylic acids is 1. The third-order valence-corrected chi connectivity index (χ3v) is 7.83. The van der Waals surface area contributed by atoms with Crippen LogP contribution in [0, 0.1) is 17.1 Å². The molecule has 2 fully saturated rings. The van der Waals surface area contributed by atoms with Crippen LogP contribution < -0.4 is 9.47 Å². The van der Waals surface area contributed by atoms with Crippen molar-refractivity contribution in [2.24, 2.45) is 0 Å². The summed E-state index contributed by atoms with van der Waals surface area (Å²) in [6.45, 7) is 3.93. The predicted octanol–water partition coefficient (Wildman–Crippen LogP) is 4.95. The largest absolute Gasteiger partial charge is 0.490 e. The number of aromatic nitrogens is 3. The van der Waals surface area contributed by atoms with Gasteiger partial charge in [-0.25, -0.2) is 19.2 Å². The number of ether oxygens (including phenoxy) is 3. The minimum absolute atomic E-state index is 0.0610. The van der Waals surface area contributed by atoms with Gasteiger partial charge in [-0.3, -0.25) is 4.90 Å². The Balaban J connectivity index is 1.06. The van der Waals surface area contributed by atoms with Gasteiger partial charge in [0.05, 0.1) is 36.5 Å². The van der Waals surface area contributed by atoms with Gasteiger partial charge in [0, 0.05) is 25.8 Å². The lowest BCUT2D eigenvalue weighted by Crippen LogP contribution is -2.39. The number of imidazole rings is 1. The molecule has 1 N–H and O–H groups in total. The molecule has 0 radical (unpaired) electrons. The van der Waals surface area contributed by atoms with Crippen LogP contribution in [0.5, 0.6) is 11.5 Å². The Morgan fingerprint density at radius 2 is 1.98 bits per heavy atom. The molecule has 0 amide bonds. The summed E-state index contributed by atoms with van der Waals surface area (Å²) in [6.07, 6.45) is 5.44. The van der Waals surface area contributed by atoms with Gasteiger partial charge in [0.25, 0.3) is 0 Å². The van der Waals surface area contributed by atoms with Crippen molar-refractivity contribution in [1.29, 1.82) is 5.26 Å². The van der Waals surface area contributed by atoms with Crippen LogP contribution in [0.2, 0.25) is 0 Å². The zero-order valence-corrected chi connectivity index (χ0v) is 24.1. The summed E-state index contributed by atoms with van der Waals surface area (Å²) in [4.78, 5) is 22.9. The molecule has 0 spiro atoms. The number of hydrogen-bond donors (Lipinski definition) is 1. The molecule has 2 aromatic heterocycles. The number of pyridine rings is 1. The van der Waals surface area contributed by atoms with Gasteiger partial charge in [0.15, 0.2) is 17.2 Å². The molecule has 0 aliphatic carbocycles. The fourth-order valence-electron chi connectivity index (χ4n) is 5.39. The van der Waals surface area contributed by atoms with Gasteiger partial charge >= 0.3 is 5.97 Å². The number of rotatable bonds is 11. The third kappa shape index (κ3) is 7.05. The molecule has 2 aliphatic heterocycles. The molecule has 0 bridgehead atoms. The Kier molecular flexibility index (Phi) is 8.81. The van der Waals surface area contributed by atoms with Crippen LogP contribution in [0.1, 0.15) is 41.9 Å². The summed E-state index contributed by atoms with van der Waals surface area (Å²) in [6, 6.07) is 17.3. The highest BCUT2D eigenvalue weighted by Crippen LogP contribution is 2.25. The maximum Gasteiger partial charge on any atom is 0.328 e. The number of nitriles is 1. The summed E-state index contributed by atoms with van der Waals surface area (Å²) < 4.78 is 33.9. The Labute approximate surface area is 253 Å². The fraction of sp³-hybridized carbons (Fsp3) is 0.333. The van der Waals surface area contributed by atoms with Gasteiger partial charge in [-0.2, -0.15) is 5.26 Å². The molecule has 11 heteroatoms. The van der Waals surface area contributed by atoms with E-state index in [0.717, 1.165) is 79.4 Å². The maximum absolute atomic E-state index is 14.2. The number of carbonyl (C=O) groups is 1. The van der Waals surface area contributed by atoms with Gasteiger partial charge in [-0.05, 0) is 73.4 Å². The summed E-state index contributed by atoms with van der Waals surface area (Å²) in [5.41, 5.74) is 3.17. The van der Waals surface area contributed by atoms with E-state index in [0.29, 0.717) is 18.8 Å². The first-order valence-electron chi connectivity index (χ1n) is 14.6. The van der Waals surface area contributed by atoms with Crippen molar-refractivity contribution in [3.05, 3.63) is 89.1 Å². The lowest BCUT2D eigenvalue weighted by atomic mass is 10.1. The normalized spacial score (nSPS) is 17.4. The number of halogens is 1. The lowest BCUT2D eigenvalue weighted by molar-refractivity contribution is -0.131. The van der Waals surface area contributed by atoms with Crippen LogP contribution in [0.4, 0.5) is 4.39 Å². The number of aliphatic carboxylic acids is 1. The van der Waals surface area contributed by atoms with E-state index in [1.54, 1.807) is 6.07 Å². The number of piperidine rings is 1. The summed E-state index contributed by atoms with van der Waals surface area (Å²) in [7, 11) is 0. The van der Waals surface area contributed by atoms with Crippen molar-refractivity contribution in [2.45, 2.75) is 51.2 Å². The molecule has 10 nitrogen and oxygen atoms in total. The minimum atomic E-state index is -1.02. The molecule has 44 heavy (non-hydrogen) atoms. The van der Waals surface area contributed by atoms with Crippen molar-refractivity contribution < 1.29 is 28.5 Å². The van der Waals surface area contributed by atoms with Gasteiger partial charge in [-0.15, -0.1) is 0 Å². The van der Waals surface area contributed by atoms with E-state index in [-0.39, 0.29) is 30.1 Å². The zero-order valence-electron chi connectivity index (χ0n) is 24.1. The average molecular weight is 598 g/mol. The highest BCUT2D eigenvalue weighted by atomic mass is 19.1. The zero-order chi connectivity index (χ0) is 30.5. The van der Waals surface area contributed by atoms with E-state index in [2.05, 4.69) is 9.47 Å².